The Morgan fingerprint density at radius 1 is 1.05 bits per heavy atom. The van der Waals surface area contributed by atoms with Crippen LogP contribution >= 0.6 is 0 Å². The summed E-state index contributed by atoms with van der Waals surface area (Å²) in [6, 6.07) is 0.887. The van der Waals surface area contributed by atoms with Crippen LogP contribution < -0.4 is 5.32 Å². The molecule has 2 rings (SSSR count). The molecule has 2 aliphatic heterocycles. The Labute approximate surface area is 126 Å². The summed E-state index contributed by atoms with van der Waals surface area (Å²) < 4.78 is 0. The molecule has 2 heterocycles. The van der Waals surface area contributed by atoms with Crippen LogP contribution in [0, 0.1) is 5.92 Å². The zero-order valence-corrected chi connectivity index (χ0v) is 13.7. The summed E-state index contributed by atoms with van der Waals surface area (Å²) >= 11 is 0. The van der Waals surface area contributed by atoms with Gasteiger partial charge in [0.25, 0.3) is 0 Å². The maximum absolute atomic E-state index is 3.50. The molecule has 118 valence electrons. The molecule has 0 aromatic carbocycles. The molecule has 0 aromatic heterocycles. The minimum absolute atomic E-state index is 0.887. The number of nitrogens with one attached hydrogen (secondary N) is 1. The first-order valence-corrected chi connectivity index (χ1v) is 8.94. The van der Waals surface area contributed by atoms with Crippen LogP contribution in [-0.4, -0.2) is 62.2 Å². The highest BCUT2D eigenvalue weighted by molar-refractivity contribution is 4.89. The highest BCUT2D eigenvalue weighted by atomic mass is 15.2. The molecule has 1 N–H and O–H groups in total. The first-order valence-electron chi connectivity index (χ1n) is 8.94. The lowest BCUT2D eigenvalue weighted by atomic mass is 9.84. The van der Waals surface area contributed by atoms with Crippen molar-refractivity contribution in [2.45, 2.75) is 57.9 Å². The summed E-state index contributed by atoms with van der Waals surface area (Å²) in [5.41, 5.74) is 0. The number of hydrogen-bond acceptors (Lipinski definition) is 3. The van der Waals surface area contributed by atoms with Crippen molar-refractivity contribution in [2.24, 2.45) is 5.92 Å². The number of unbranched alkanes of at least 4 members (excludes halogenated alkanes) is 2. The van der Waals surface area contributed by atoms with E-state index in [0.717, 1.165) is 12.0 Å². The summed E-state index contributed by atoms with van der Waals surface area (Å²) in [7, 11) is 2.33. The Morgan fingerprint density at radius 2 is 1.95 bits per heavy atom. The van der Waals surface area contributed by atoms with E-state index in [1.54, 1.807) is 0 Å². The molecule has 20 heavy (non-hydrogen) atoms. The third kappa shape index (κ3) is 5.01. The Bertz CT molecular complexity index is 257. The van der Waals surface area contributed by atoms with Crippen molar-refractivity contribution < 1.29 is 0 Å². The molecule has 2 unspecified atom stereocenters. The molecule has 3 nitrogen and oxygen atoms in total. The Morgan fingerprint density at radius 3 is 2.80 bits per heavy atom. The predicted octanol–water partition coefficient (Wildman–Crippen LogP) is 2.57. The van der Waals surface area contributed by atoms with E-state index >= 15 is 0 Å². The number of hydrogen-bond donors (Lipinski definition) is 1. The molecule has 2 atom stereocenters. The number of fused-ring (bicyclic) bond motifs is 1. The van der Waals surface area contributed by atoms with Gasteiger partial charge in [-0.25, -0.2) is 0 Å². The summed E-state index contributed by atoms with van der Waals surface area (Å²) in [6.07, 6.45) is 9.66. The number of nitrogens with zero attached hydrogens (tertiary/aromatic N) is 2. The van der Waals surface area contributed by atoms with Gasteiger partial charge >= 0.3 is 0 Å². The van der Waals surface area contributed by atoms with Crippen molar-refractivity contribution in [3.05, 3.63) is 0 Å². The first kappa shape index (κ1) is 16.3. The average molecular weight is 281 g/mol. The Balaban J connectivity index is 1.54. The minimum atomic E-state index is 0.887. The topological polar surface area (TPSA) is 18.5 Å². The van der Waals surface area contributed by atoms with E-state index in [1.165, 1.54) is 84.2 Å². The van der Waals surface area contributed by atoms with E-state index in [4.69, 9.17) is 0 Å². The second-order valence-corrected chi connectivity index (χ2v) is 6.85. The molecular formula is C17H35N3. The van der Waals surface area contributed by atoms with Crippen molar-refractivity contribution in [3.8, 4) is 0 Å². The van der Waals surface area contributed by atoms with E-state index < -0.39 is 0 Å². The van der Waals surface area contributed by atoms with Crippen LogP contribution in [0.1, 0.15) is 51.9 Å². The van der Waals surface area contributed by atoms with E-state index in [1.807, 2.05) is 0 Å². The monoisotopic (exact) mass is 281 g/mol. The number of rotatable bonds is 8. The van der Waals surface area contributed by atoms with E-state index in [-0.39, 0.29) is 0 Å². The van der Waals surface area contributed by atoms with Crippen molar-refractivity contribution in [1.82, 2.24) is 15.1 Å². The second kappa shape index (κ2) is 9.01. The molecule has 0 radical (unpaired) electrons. The maximum Gasteiger partial charge on any atom is 0.0145 e. The second-order valence-electron chi connectivity index (χ2n) is 6.85. The molecule has 0 aromatic rings. The van der Waals surface area contributed by atoms with Gasteiger partial charge in [0.1, 0.15) is 0 Å². The zero-order valence-electron chi connectivity index (χ0n) is 13.7. The molecule has 0 spiro atoms. The molecule has 0 saturated carbocycles. The van der Waals surface area contributed by atoms with Gasteiger partial charge in [-0.15, -0.1) is 0 Å². The smallest absolute Gasteiger partial charge is 0.0145 e. The molecule has 2 saturated heterocycles. The number of piperidine rings is 2. The summed E-state index contributed by atoms with van der Waals surface area (Å²) in [6.45, 7) is 9.99. The van der Waals surface area contributed by atoms with Crippen LogP contribution in [-0.2, 0) is 0 Å². The van der Waals surface area contributed by atoms with Crippen LogP contribution in [0.15, 0.2) is 0 Å². The lowest BCUT2D eigenvalue weighted by Crippen LogP contribution is -2.52. The van der Waals surface area contributed by atoms with Crippen LogP contribution in [0.4, 0.5) is 0 Å². The lowest BCUT2D eigenvalue weighted by molar-refractivity contribution is 0.0380. The largest absolute Gasteiger partial charge is 0.317 e. The van der Waals surface area contributed by atoms with Gasteiger partial charge in [-0.1, -0.05) is 13.3 Å². The van der Waals surface area contributed by atoms with Crippen LogP contribution in [0.5, 0.6) is 0 Å². The third-order valence-corrected chi connectivity index (χ3v) is 5.18. The Kier molecular flexibility index (Phi) is 7.32. The molecular weight excluding hydrogens is 246 g/mol. The minimum Gasteiger partial charge on any atom is -0.317 e. The summed E-state index contributed by atoms with van der Waals surface area (Å²) in [5.74, 6) is 0.953. The fourth-order valence-corrected chi connectivity index (χ4v) is 3.99. The normalized spacial score (nSPS) is 28.5. The zero-order chi connectivity index (χ0) is 14.2. The van der Waals surface area contributed by atoms with Crippen molar-refractivity contribution in [3.63, 3.8) is 0 Å². The van der Waals surface area contributed by atoms with Gasteiger partial charge in [0.2, 0.25) is 0 Å². The van der Waals surface area contributed by atoms with Gasteiger partial charge in [-0.2, -0.15) is 0 Å². The lowest BCUT2D eigenvalue weighted by Gasteiger charge is -2.46. The van der Waals surface area contributed by atoms with Crippen LogP contribution in [0.25, 0.3) is 0 Å². The maximum atomic E-state index is 3.50. The van der Waals surface area contributed by atoms with Gasteiger partial charge in [0, 0.05) is 12.6 Å². The van der Waals surface area contributed by atoms with Crippen molar-refractivity contribution in [2.75, 3.05) is 46.3 Å². The highest BCUT2D eigenvalue weighted by Gasteiger charge is 2.33. The van der Waals surface area contributed by atoms with Gasteiger partial charge in [0.05, 0.1) is 0 Å². The highest BCUT2D eigenvalue weighted by Crippen LogP contribution is 2.29. The molecule has 0 aliphatic carbocycles. The summed E-state index contributed by atoms with van der Waals surface area (Å²) in [5, 5.41) is 3.50. The van der Waals surface area contributed by atoms with E-state index in [9.17, 15) is 0 Å². The fraction of sp³-hybridized carbons (Fsp3) is 1.00. The van der Waals surface area contributed by atoms with Gasteiger partial charge in [0.15, 0.2) is 0 Å². The van der Waals surface area contributed by atoms with E-state index in [2.05, 4.69) is 29.1 Å². The van der Waals surface area contributed by atoms with Gasteiger partial charge in [-0.05, 0) is 84.2 Å². The van der Waals surface area contributed by atoms with Gasteiger partial charge < -0.3 is 15.1 Å². The summed E-state index contributed by atoms with van der Waals surface area (Å²) in [4.78, 5) is 5.35. The first-order chi connectivity index (χ1) is 9.81. The molecule has 0 bridgehead atoms. The van der Waals surface area contributed by atoms with Crippen molar-refractivity contribution in [1.29, 1.82) is 0 Å². The molecule has 0 amide bonds. The third-order valence-electron chi connectivity index (χ3n) is 5.18. The van der Waals surface area contributed by atoms with Crippen LogP contribution in [0.2, 0.25) is 0 Å². The van der Waals surface area contributed by atoms with Crippen LogP contribution in [0.3, 0.4) is 0 Å². The molecule has 2 aliphatic rings. The quantitative estimate of drug-likeness (QED) is 0.690. The van der Waals surface area contributed by atoms with Gasteiger partial charge in [-0.3, -0.25) is 0 Å². The SMILES string of the molecule is CCCNCCCCCN1CCC2C(CCCN2C)C1. The Hall–Kier alpha value is -0.120. The average Bonchev–Trinajstić information content (AvgIpc) is 2.46. The van der Waals surface area contributed by atoms with Crippen molar-refractivity contribution >= 4 is 0 Å². The molecule has 3 heteroatoms. The van der Waals surface area contributed by atoms with E-state index in [0.29, 0.717) is 0 Å². The standard InChI is InChI=1S/C17H35N3/c1-3-10-18-11-5-4-6-13-20-14-9-17-16(15-20)8-7-12-19(17)2/h16-18H,3-15H2,1-2H3. The fourth-order valence-electron chi connectivity index (χ4n) is 3.99. The number of likely N-dealkylation sites (tertiary alicyclic amines) is 2. The predicted molar refractivity (Wildman–Crippen MR) is 87.2 cm³/mol. The molecule has 2 fully saturated rings.